The standard InChI is InChI=1S/C24H31N3O.2ClH/c1-26-13-15-27(16-14-26)24(28)18-25-23-17-22(23)21-11-9-20(10-12-21)8-7-19-5-3-2-4-6-19;;/h2-6,9-12,22-23,25H,7-8,13-18H2,1H3;2*1H. The van der Waals surface area contributed by atoms with Gasteiger partial charge in [-0.05, 0) is 43.0 Å². The van der Waals surface area contributed by atoms with Crippen LogP contribution in [-0.2, 0) is 17.6 Å². The molecule has 6 heteroatoms. The fraction of sp³-hybridized carbons (Fsp3) is 0.458. The lowest BCUT2D eigenvalue weighted by Gasteiger charge is -2.32. The van der Waals surface area contributed by atoms with Crippen molar-refractivity contribution in [3.05, 3.63) is 71.3 Å². The Kier molecular flexibility index (Phi) is 9.63. The van der Waals surface area contributed by atoms with E-state index in [2.05, 4.69) is 71.9 Å². The van der Waals surface area contributed by atoms with E-state index in [9.17, 15) is 4.79 Å². The minimum Gasteiger partial charge on any atom is -0.339 e. The maximum Gasteiger partial charge on any atom is 0.236 e. The summed E-state index contributed by atoms with van der Waals surface area (Å²) in [5.74, 6) is 0.804. The smallest absolute Gasteiger partial charge is 0.236 e. The highest BCUT2D eigenvalue weighted by Gasteiger charge is 2.38. The van der Waals surface area contributed by atoms with Gasteiger partial charge in [-0.1, -0.05) is 54.6 Å². The maximum atomic E-state index is 12.4. The van der Waals surface area contributed by atoms with Crippen molar-refractivity contribution in [1.82, 2.24) is 15.1 Å². The number of likely N-dealkylation sites (N-methyl/N-ethyl adjacent to an activating group) is 1. The number of carbonyl (C=O) groups is 1. The van der Waals surface area contributed by atoms with Crippen molar-refractivity contribution in [3.63, 3.8) is 0 Å². The predicted molar refractivity (Wildman–Crippen MR) is 128 cm³/mol. The van der Waals surface area contributed by atoms with Crippen LogP contribution in [0.5, 0.6) is 0 Å². The van der Waals surface area contributed by atoms with Crippen LogP contribution in [0.1, 0.15) is 29.0 Å². The number of benzene rings is 2. The number of aryl methyl sites for hydroxylation is 2. The summed E-state index contributed by atoms with van der Waals surface area (Å²) in [5.41, 5.74) is 4.18. The highest BCUT2D eigenvalue weighted by molar-refractivity contribution is 5.85. The molecule has 4 rings (SSSR count). The molecule has 2 aliphatic rings. The normalized spacial score (nSPS) is 20.8. The number of hydrogen-bond donors (Lipinski definition) is 1. The van der Waals surface area contributed by atoms with E-state index in [4.69, 9.17) is 0 Å². The molecule has 164 valence electrons. The van der Waals surface area contributed by atoms with Crippen molar-refractivity contribution in [2.45, 2.75) is 31.2 Å². The number of nitrogens with zero attached hydrogens (tertiary/aromatic N) is 2. The zero-order chi connectivity index (χ0) is 19.3. The Hall–Kier alpha value is -1.59. The lowest BCUT2D eigenvalue weighted by molar-refractivity contribution is -0.131. The predicted octanol–water partition coefficient (Wildman–Crippen LogP) is 3.53. The first-order valence-corrected chi connectivity index (χ1v) is 10.5. The zero-order valence-electron chi connectivity index (χ0n) is 17.6. The second-order valence-electron chi connectivity index (χ2n) is 8.24. The molecular weight excluding hydrogens is 417 g/mol. The van der Waals surface area contributed by atoms with Crippen molar-refractivity contribution in [2.75, 3.05) is 39.8 Å². The summed E-state index contributed by atoms with van der Waals surface area (Å²) in [5, 5.41) is 3.47. The van der Waals surface area contributed by atoms with Gasteiger partial charge in [0.15, 0.2) is 0 Å². The summed E-state index contributed by atoms with van der Waals surface area (Å²) in [7, 11) is 2.11. The molecule has 1 saturated carbocycles. The van der Waals surface area contributed by atoms with Crippen LogP contribution >= 0.6 is 24.8 Å². The molecule has 30 heavy (non-hydrogen) atoms. The second kappa shape index (κ2) is 11.7. The topological polar surface area (TPSA) is 35.6 Å². The number of piperazine rings is 1. The Bertz CT molecular complexity index is 777. The quantitative estimate of drug-likeness (QED) is 0.701. The van der Waals surface area contributed by atoms with Crippen LogP contribution in [0.25, 0.3) is 0 Å². The van der Waals surface area contributed by atoms with E-state index in [-0.39, 0.29) is 30.7 Å². The monoisotopic (exact) mass is 449 g/mol. The van der Waals surface area contributed by atoms with Crippen molar-refractivity contribution < 1.29 is 4.79 Å². The van der Waals surface area contributed by atoms with Gasteiger partial charge < -0.3 is 15.1 Å². The molecule has 1 aliphatic heterocycles. The van der Waals surface area contributed by atoms with Gasteiger partial charge in [0.1, 0.15) is 0 Å². The van der Waals surface area contributed by atoms with Gasteiger partial charge in [0, 0.05) is 38.1 Å². The van der Waals surface area contributed by atoms with E-state index in [1.807, 2.05) is 4.90 Å². The molecule has 0 radical (unpaired) electrons. The zero-order valence-corrected chi connectivity index (χ0v) is 19.3. The third kappa shape index (κ3) is 6.71. The van der Waals surface area contributed by atoms with Gasteiger partial charge >= 0.3 is 0 Å². The molecule has 4 nitrogen and oxygen atoms in total. The second-order valence-corrected chi connectivity index (χ2v) is 8.24. The first kappa shape index (κ1) is 24.7. The average Bonchev–Trinajstić information content (AvgIpc) is 3.52. The van der Waals surface area contributed by atoms with Crippen LogP contribution in [0.3, 0.4) is 0 Å². The van der Waals surface area contributed by atoms with Crippen molar-refractivity contribution in [2.24, 2.45) is 0 Å². The summed E-state index contributed by atoms with van der Waals surface area (Å²) in [6, 6.07) is 20.2. The lowest BCUT2D eigenvalue weighted by Crippen LogP contribution is -2.49. The van der Waals surface area contributed by atoms with E-state index in [0.29, 0.717) is 18.5 Å². The van der Waals surface area contributed by atoms with Crippen LogP contribution in [0.4, 0.5) is 0 Å². The van der Waals surface area contributed by atoms with E-state index < -0.39 is 0 Å². The third-order valence-electron chi connectivity index (χ3n) is 6.11. The molecule has 0 spiro atoms. The number of hydrogen-bond acceptors (Lipinski definition) is 3. The van der Waals surface area contributed by atoms with Gasteiger partial charge in [0.2, 0.25) is 5.91 Å². The molecule has 2 aromatic carbocycles. The molecule has 1 N–H and O–H groups in total. The Balaban J connectivity index is 0.00000160. The lowest BCUT2D eigenvalue weighted by atomic mass is 10.0. The average molecular weight is 450 g/mol. The summed E-state index contributed by atoms with van der Waals surface area (Å²) < 4.78 is 0. The van der Waals surface area contributed by atoms with Gasteiger partial charge in [0.25, 0.3) is 0 Å². The number of rotatable bonds is 7. The molecule has 1 amide bonds. The third-order valence-corrected chi connectivity index (χ3v) is 6.11. The number of halogens is 2. The van der Waals surface area contributed by atoms with Gasteiger partial charge in [-0.25, -0.2) is 0 Å². The van der Waals surface area contributed by atoms with Crippen molar-refractivity contribution >= 4 is 30.7 Å². The van der Waals surface area contributed by atoms with Crippen molar-refractivity contribution in [1.29, 1.82) is 0 Å². The SMILES string of the molecule is CN1CCN(C(=O)CNC2CC2c2ccc(CCc3ccccc3)cc2)CC1.Cl.Cl. The highest BCUT2D eigenvalue weighted by atomic mass is 35.5. The summed E-state index contributed by atoms with van der Waals surface area (Å²) in [6.45, 7) is 4.15. The molecule has 1 saturated heterocycles. The molecule has 2 fully saturated rings. The largest absolute Gasteiger partial charge is 0.339 e. The first-order valence-electron chi connectivity index (χ1n) is 10.5. The molecule has 1 heterocycles. The minimum atomic E-state index is 0. The highest BCUT2D eigenvalue weighted by Crippen LogP contribution is 2.40. The molecule has 0 aromatic heterocycles. The molecule has 0 bridgehead atoms. The fourth-order valence-corrected chi connectivity index (χ4v) is 4.04. The molecule has 2 aromatic rings. The maximum absolute atomic E-state index is 12.4. The van der Waals surface area contributed by atoms with Gasteiger partial charge in [-0.15, -0.1) is 24.8 Å². The number of amides is 1. The van der Waals surface area contributed by atoms with Gasteiger partial charge in [-0.2, -0.15) is 0 Å². The minimum absolute atomic E-state index is 0. The number of carbonyl (C=O) groups excluding carboxylic acids is 1. The van der Waals surface area contributed by atoms with E-state index >= 15 is 0 Å². The first-order chi connectivity index (χ1) is 13.7. The van der Waals surface area contributed by atoms with Crippen LogP contribution in [0, 0.1) is 0 Å². The van der Waals surface area contributed by atoms with Gasteiger partial charge in [-0.3, -0.25) is 4.79 Å². The van der Waals surface area contributed by atoms with E-state index in [1.54, 1.807) is 0 Å². The Labute approximate surface area is 192 Å². The molecule has 1 aliphatic carbocycles. The van der Waals surface area contributed by atoms with Crippen molar-refractivity contribution in [3.8, 4) is 0 Å². The van der Waals surface area contributed by atoms with E-state index in [1.165, 1.54) is 16.7 Å². The number of nitrogens with one attached hydrogen (secondary N) is 1. The fourth-order valence-electron chi connectivity index (χ4n) is 4.04. The van der Waals surface area contributed by atoms with Gasteiger partial charge in [0.05, 0.1) is 6.54 Å². The Morgan fingerprint density at radius 1 is 0.900 bits per heavy atom. The summed E-state index contributed by atoms with van der Waals surface area (Å²) in [6.07, 6.45) is 3.30. The van der Waals surface area contributed by atoms with Crippen LogP contribution < -0.4 is 5.32 Å². The van der Waals surface area contributed by atoms with Crippen LogP contribution in [-0.4, -0.2) is 61.5 Å². The molecular formula is C24H33Cl2N3O. The Morgan fingerprint density at radius 2 is 1.50 bits per heavy atom. The van der Waals surface area contributed by atoms with Crippen LogP contribution in [0.15, 0.2) is 54.6 Å². The molecule has 2 unspecified atom stereocenters. The summed E-state index contributed by atoms with van der Waals surface area (Å²) in [4.78, 5) is 16.6. The van der Waals surface area contributed by atoms with E-state index in [0.717, 1.165) is 45.4 Å². The van der Waals surface area contributed by atoms with Crippen LogP contribution in [0.2, 0.25) is 0 Å². The summed E-state index contributed by atoms with van der Waals surface area (Å²) >= 11 is 0. The Morgan fingerprint density at radius 3 is 2.13 bits per heavy atom. The molecule has 2 atom stereocenters.